The molecule has 0 spiro atoms. The molecule has 0 atom stereocenters. The summed E-state index contributed by atoms with van der Waals surface area (Å²) in [6, 6.07) is 7.11. The Balaban J connectivity index is 1.54. The molecule has 0 aliphatic carbocycles. The van der Waals surface area contributed by atoms with Gasteiger partial charge >= 0.3 is 0 Å². The lowest BCUT2D eigenvalue weighted by Crippen LogP contribution is -2.38. The Morgan fingerprint density at radius 3 is 2.48 bits per heavy atom. The number of hydrogen-bond acceptors (Lipinski definition) is 7. The van der Waals surface area contributed by atoms with Crippen LogP contribution in [0.1, 0.15) is 18.3 Å². The van der Waals surface area contributed by atoms with Crippen LogP contribution in [0.3, 0.4) is 0 Å². The highest BCUT2D eigenvalue weighted by Crippen LogP contribution is 2.32. The van der Waals surface area contributed by atoms with Gasteiger partial charge in [0.2, 0.25) is 11.8 Å². The number of ether oxygens (including phenoxy) is 2. The van der Waals surface area contributed by atoms with Crippen LogP contribution in [0.5, 0.6) is 11.5 Å². The summed E-state index contributed by atoms with van der Waals surface area (Å²) >= 11 is 1.27. The van der Waals surface area contributed by atoms with Crippen molar-refractivity contribution in [1.29, 1.82) is 0 Å². The van der Waals surface area contributed by atoms with E-state index in [0.717, 1.165) is 11.4 Å². The van der Waals surface area contributed by atoms with Gasteiger partial charge in [-0.2, -0.15) is 0 Å². The second kappa shape index (κ2) is 9.60. The predicted octanol–water partition coefficient (Wildman–Crippen LogP) is 2.44. The van der Waals surface area contributed by atoms with E-state index in [9.17, 15) is 9.59 Å². The van der Waals surface area contributed by atoms with E-state index < -0.39 is 0 Å². The molecule has 1 aromatic heterocycles. The van der Waals surface area contributed by atoms with Crippen LogP contribution >= 0.6 is 11.8 Å². The number of thioether (sulfide) groups is 1. The molecule has 2 heterocycles. The van der Waals surface area contributed by atoms with E-state index in [1.165, 1.54) is 16.7 Å². The summed E-state index contributed by atoms with van der Waals surface area (Å²) in [5.41, 5.74) is 2.32. The van der Waals surface area contributed by atoms with Gasteiger partial charge in [0.15, 0.2) is 16.7 Å². The highest BCUT2D eigenvalue weighted by molar-refractivity contribution is 7.99. The van der Waals surface area contributed by atoms with Gasteiger partial charge in [-0.3, -0.25) is 9.59 Å². The predicted molar refractivity (Wildman–Crippen MR) is 111 cm³/mol. The number of nitrogens with one attached hydrogen (secondary N) is 1. The fraction of sp³-hybridized carbons (Fsp3) is 0.400. The highest BCUT2D eigenvalue weighted by Gasteiger charge is 2.18. The molecule has 8 nitrogen and oxygen atoms in total. The maximum Gasteiger partial charge on any atom is 0.243 e. The van der Waals surface area contributed by atoms with E-state index in [1.54, 1.807) is 18.2 Å². The van der Waals surface area contributed by atoms with Gasteiger partial charge in [0.05, 0.1) is 12.3 Å². The number of hydrogen-bond donors (Lipinski definition) is 1. The van der Waals surface area contributed by atoms with Crippen LogP contribution in [0.25, 0.3) is 0 Å². The van der Waals surface area contributed by atoms with Crippen molar-refractivity contribution in [3.05, 3.63) is 35.7 Å². The number of likely N-dealkylation sites (N-methyl/N-ethyl adjacent to an activating group) is 1. The first-order valence-corrected chi connectivity index (χ1v) is 10.4. The molecule has 1 aromatic carbocycles. The fourth-order valence-electron chi connectivity index (χ4n) is 2.85. The average Bonchev–Trinajstić information content (AvgIpc) is 2.69. The molecule has 0 saturated carbocycles. The van der Waals surface area contributed by atoms with Crippen molar-refractivity contribution >= 4 is 29.3 Å². The number of carbonyl (C=O) groups excluding carboxylic acids is 2. The smallest absolute Gasteiger partial charge is 0.243 e. The van der Waals surface area contributed by atoms with Crippen LogP contribution in [0.4, 0.5) is 5.69 Å². The van der Waals surface area contributed by atoms with E-state index >= 15 is 0 Å². The van der Waals surface area contributed by atoms with Crippen molar-refractivity contribution in [1.82, 2.24) is 14.9 Å². The first-order chi connectivity index (χ1) is 13.9. The molecule has 1 aliphatic rings. The van der Waals surface area contributed by atoms with Crippen LogP contribution in [-0.2, 0) is 9.59 Å². The summed E-state index contributed by atoms with van der Waals surface area (Å²) in [7, 11) is 0. The topological polar surface area (TPSA) is 93.7 Å². The van der Waals surface area contributed by atoms with Crippen molar-refractivity contribution in [2.75, 3.05) is 37.4 Å². The molecule has 0 fully saturated rings. The van der Waals surface area contributed by atoms with Gasteiger partial charge < -0.3 is 19.7 Å². The summed E-state index contributed by atoms with van der Waals surface area (Å²) in [6.07, 6.45) is 0. The number of fused-ring (bicyclic) bond motifs is 1. The minimum atomic E-state index is -0.274. The van der Waals surface area contributed by atoms with Gasteiger partial charge in [0.25, 0.3) is 0 Å². The van der Waals surface area contributed by atoms with Crippen LogP contribution < -0.4 is 14.8 Å². The molecular weight excluding hydrogens is 392 g/mol. The Hall–Kier alpha value is -2.81. The molecule has 9 heteroatoms. The average molecular weight is 417 g/mol. The molecule has 2 aromatic rings. The summed E-state index contributed by atoms with van der Waals surface area (Å²) in [5, 5.41) is 3.36. The third-order valence-corrected chi connectivity index (χ3v) is 5.01. The number of aryl methyl sites for hydroxylation is 2. The quantitative estimate of drug-likeness (QED) is 0.547. The van der Waals surface area contributed by atoms with Crippen LogP contribution in [0.2, 0.25) is 0 Å². The van der Waals surface area contributed by atoms with Crippen molar-refractivity contribution in [3.63, 3.8) is 0 Å². The van der Waals surface area contributed by atoms with E-state index in [2.05, 4.69) is 15.3 Å². The lowest BCUT2D eigenvalue weighted by atomic mass is 10.2. The third kappa shape index (κ3) is 5.83. The van der Waals surface area contributed by atoms with Gasteiger partial charge in [-0.1, -0.05) is 11.8 Å². The molecule has 0 bridgehead atoms. The van der Waals surface area contributed by atoms with Gasteiger partial charge in [0, 0.05) is 29.7 Å². The molecule has 29 heavy (non-hydrogen) atoms. The van der Waals surface area contributed by atoms with E-state index in [-0.39, 0.29) is 24.1 Å². The third-order valence-electron chi connectivity index (χ3n) is 4.18. The standard InChI is InChI=1S/C20H24N4O4S/c1-4-24(19(26)12-29-20-21-13(2)9-14(3)22-20)11-18(25)23-15-5-6-16-17(10-15)28-8-7-27-16/h5-6,9-10H,4,7-8,11-12H2,1-3H3,(H,23,25). The maximum atomic E-state index is 12.5. The maximum absolute atomic E-state index is 12.5. The Kier molecular flexibility index (Phi) is 6.92. The Bertz CT molecular complexity index is 886. The summed E-state index contributed by atoms with van der Waals surface area (Å²) in [6.45, 7) is 7.01. The molecule has 1 aliphatic heterocycles. The Morgan fingerprint density at radius 2 is 1.79 bits per heavy atom. The number of rotatable bonds is 7. The van der Waals surface area contributed by atoms with E-state index in [1.807, 2.05) is 26.8 Å². The lowest BCUT2D eigenvalue weighted by molar-refractivity contribution is -0.132. The van der Waals surface area contributed by atoms with Crippen molar-refractivity contribution in [2.45, 2.75) is 25.9 Å². The monoisotopic (exact) mass is 416 g/mol. The minimum Gasteiger partial charge on any atom is -0.486 e. The van der Waals surface area contributed by atoms with Crippen LogP contribution in [0, 0.1) is 13.8 Å². The largest absolute Gasteiger partial charge is 0.486 e. The van der Waals surface area contributed by atoms with Gasteiger partial charge in [-0.05, 0) is 39.0 Å². The summed E-state index contributed by atoms with van der Waals surface area (Å²) in [5.74, 6) is 1.02. The molecule has 3 rings (SSSR count). The van der Waals surface area contributed by atoms with Crippen LogP contribution in [-0.4, -0.2) is 58.7 Å². The number of aromatic nitrogens is 2. The molecule has 0 unspecified atom stereocenters. The van der Waals surface area contributed by atoms with Crippen LogP contribution in [0.15, 0.2) is 29.4 Å². The zero-order valence-corrected chi connectivity index (χ0v) is 17.5. The summed E-state index contributed by atoms with van der Waals surface area (Å²) < 4.78 is 11.0. The number of amides is 2. The van der Waals surface area contributed by atoms with E-state index in [4.69, 9.17) is 9.47 Å². The summed E-state index contributed by atoms with van der Waals surface area (Å²) in [4.78, 5) is 35.1. The molecule has 154 valence electrons. The number of benzene rings is 1. The van der Waals surface area contributed by atoms with E-state index in [0.29, 0.717) is 42.1 Å². The normalized spacial score (nSPS) is 12.4. The van der Waals surface area contributed by atoms with Crippen molar-refractivity contribution < 1.29 is 19.1 Å². The van der Waals surface area contributed by atoms with Crippen molar-refractivity contribution in [2.24, 2.45) is 0 Å². The highest BCUT2D eigenvalue weighted by atomic mass is 32.2. The van der Waals surface area contributed by atoms with Crippen molar-refractivity contribution in [3.8, 4) is 11.5 Å². The van der Waals surface area contributed by atoms with Gasteiger partial charge in [-0.15, -0.1) is 0 Å². The number of anilines is 1. The Morgan fingerprint density at radius 1 is 1.10 bits per heavy atom. The van der Waals surface area contributed by atoms with Gasteiger partial charge in [-0.25, -0.2) is 9.97 Å². The zero-order valence-electron chi connectivity index (χ0n) is 16.7. The zero-order chi connectivity index (χ0) is 20.8. The number of nitrogens with zero attached hydrogens (tertiary/aromatic N) is 3. The second-order valence-corrected chi connectivity index (χ2v) is 7.48. The molecule has 0 radical (unpaired) electrons. The molecule has 0 saturated heterocycles. The van der Waals surface area contributed by atoms with Gasteiger partial charge in [0.1, 0.15) is 13.2 Å². The first-order valence-electron chi connectivity index (χ1n) is 9.37. The molecule has 2 amide bonds. The number of carbonyl (C=O) groups is 2. The molecule has 1 N–H and O–H groups in total. The Labute approximate surface area is 174 Å². The SMILES string of the molecule is CCN(CC(=O)Nc1ccc2c(c1)OCCO2)C(=O)CSc1nc(C)cc(C)n1. The first kappa shape index (κ1) is 20.9. The fourth-order valence-corrected chi connectivity index (χ4v) is 3.70. The second-order valence-electron chi connectivity index (χ2n) is 6.54. The molecular formula is C20H24N4O4S. The minimum absolute atomic E-state index is 0.0297. The lowest BCUT2D eigenvalue weighted by Gasteiger charge is -2.21.